The zero-order chi connectivity index (χ0) is 18.2. The molecule has 142 valence electrons. The molecule has 2 aromatic rings. The van der Waals surface area contributed by atoms with Crippen molar-refractivity contribution in [1.29, 1.82) is 0 Å². The topological polar surface area (TPSA) is 60.3 Å². The number of rotatable bonds is 6. The van der Waals surface area contributed by atoms with Crippen LogP contribution in [0.1, 0.15) is 46.8 Å². The van der Waals surface area contributed by atoms with Gasteiger partial charge in [-0.2, -0.15) is 0 Å². The van der Waals surface area contributed by atoms with E-state index in [1.165, 1.54) is 42.2 Å². The number of aryl methyl sites for hydroxylation is 2. The molecule has 27 heavy (non-hydrogen) atoms. The smallest absolute Gasteiger partial charge is 0.228 e. The molecule has 2 aliphatic carbocycles. The van der Waals surface area contributed by atoms with Gasteiger partial charge in [0.15, 0.2) is 10.9 Å². The highest BCUT2D eigenvalue weighted by Crippen LogP contribution is 2.41. The molecule has 1 saturated heterocycles. The summed E-state index contributed by atoms with van der Waals surface area (Å²) in [7, 11) is 0. The average Bonchev–Trinajstić information content (AvgIpc) is 3.28. The van der Waals surface area contributed by atoms with Crippen LogP contribution in [-0.2, 0) is 17.6 Å². The Hall–Kier alpha value is -1.86. The minimum atomic E-state index is 0.174. The fourth-order valence-electron chi connectivity index (χ4n) is 3.96. The van der Waals surface area contributed by atoms with E-state index in [0.717, 1.165) is 55.8 Å². The second-order valence-corrected chi connectivity index (χ2v) is 8.47. The van der Waals surface area contributed by atoms with Crippen molar-refractivity contribution in [3.05, 3.63) is 34.9 Å². The molecule has 1 aliphatic heterocycles. The molecule has 0 amide bonds. The molecule has 1 saturated carbocycles. The molecule has 0 radical (unpaired) electrons. The summed E-state index contributed by atoms with van der Waals surface area (Å²) in [5, 5.41) is 9.74. The molecule has 2 fully saturated rings. The zero-order valence-corrected chi connectivity index (χ0v) is 16.2. The van der Waals surface area contributed by atoms with Gasteiger partial charge in [-0.25, -0.2) is 0 Å². The summed E-state index contributed by atoms with van der Waals surface area (Å²) < 4.78 is 7.70. The van der Waals surface area contributed by atoms with E-state index in [9.17, 15) is 4.79 Å². The SMILES string of the molecule is O=C(CSc1nnc(N2CCOCC2)n1C1CC1)c1ccc2c(c1)CCC2. The van der Waals surface area contributed by atoms with Crippen LogP contribution in [0.15, 0.2) is 23.4 Å². The molecular weight excluding hydrogens is 360 g/mol. The van der Waals surface area contributed by atoms with Gasteiger partial charge in [0.2, 0.25) is 5.95 Å². The van der Waals surface area contributed by atoms with Crippen molar-refractivity contribution < 1.29 is 9.53 Å². The monoisotopic (exact) mass is 384 g/mol. The van der Waals surface area contributed by atoms with Crippen LogP contribution >= 0.6 is 11.8 Å². The third kappa shape index (κ3) is 3.50. The van der Waals surface area contributed by atoms with Gasteiger partial charge in [-0.3, -0.25) is 9.36 Å². The largest absolute Gasteiger partial charge is 0.378 e. The van der Waals surface area contributed by atoms with Gasteiger partial charge < -0.3 is 9.64 Å². The number of benzene rings is 1. The van der Waals surface area contributed by atoms with E-state index in [-0.39, 0.29) is 5.78 Å². The summed E-state index contributed by atoms with van der Waals surface area (Å²) in [6, 6.07) is 6.69. The Kier molecular flexibility index (Phi) is 4.65. The molecule has 1 aromatic heterocycles. The molecule has 5 rings (SSSR count). The number of carbonyl (C=O) groups excluding carboxylic acids is 1. The highest BCUT2D eigenvalue weighted by atomic mass is 32.2. The fourth-order valence-corrected chi connectivity index (χ4v) is 4.85. The first-order chi connectivity index (χ1) is 13.3. The van der Waals surface area contributed by atoms with Crippen LogP contribution in [0.3, 0.4) is 0 Å². The van der Waals surface area contributed by atoms with E-state index in [4.69, 9.17) is 4.74 Å². The van der Waals surface area contributed by atoms with Gasteiger partial charge in [-0.1, -0.05) is 23.9 Å². The van der Waals surface area contributed by atoms with E-state index >= 15 is 0 Å². The molecule has 3 aliphatic rings. The number of ether oxygens (including phenoxy) is 1. The number of ketones is 1. The highest BCUT2D eigenvalue weighted by molar-refractivity contribution is 7.99. The second kappa shape index (κ2) is 7.28. The molecule has 6 nitrogen and oxygen atoms in total. The van der Waals surface area contributed by atoms with Crippen LogP contribution in [0.4, 0.5) is 5.95 Å². The van der Waals surface area contributed by atoms with E-state index in [2.05, 4.69) is 31.8 Å². The Morgan fingerprint density at radius 2 is 1.96 bits per heavy atom. The molecule has 0 N–H and O–H groups in total. The molecule has 0 spiro atoms. The van der Waals surface area contributed by atoms with E-state index < -0.39 is 0 Å². The maximum Gasteiger partial charge on any atom is 0.228 e. The average molecular weight is 385 g/mol. The number of carbonyl (C=O) groups is 1. The van der Waals surface area contributed by atoms with E-state index in [0.29, 0.717) is 11.8 Å². The number of hydrogen-bond acceptors (Lipinski definition) is 6. The number of fused-ring (bicyclic) bond motifs is 1. The predicted molar refractivity (Wildman–Crippen MR) is 105 cm³/mol. The van der Waals surface area contributed by atoms with Gasteiger partial charge in [0.1, 0.15) is 0 Å². The van der Waals surface area contributed by atoms with Gasteiger partial charge in [-0.05, 0) is 49.3 Å². The highest BCUT2D eigenvalue weighted by Gasteiger charge is 2.32. The summed E-state index contributed by atoms with van der Waals surface area (Å²) >= 11 is 1.52. The van der Waals surface area contributed by atoms with Crippen molar-refractivity contribution >= 4 is 23.5 Å². The summed E-state index contributed by atoms with van der Waals surface area (Å²) in [6.07, 6.45) is 5.79. The molecule has 2 heterocycles. The molecule has 0 bridgehead atoms. The third-order valence-electron chi connectivity index (χ3n) is 5.61. The predicted octanol–water partition coefficient (Wildman–Crippen LogP) is 2.91. The minimum absolute atomic E-state index is 0.174. The van der Waals surface area contributed by atoms with Crippen LogP contribution in [0.25, 0.3) is 0 Å². The van der Waals surface area contributed by atoms with Crippen LogP contribution < -0.4 is 4.90 Å². The van der Waals surface area contributed by atoms with Gasteiger partial charge in [0.25, 0.3) is 0 Å². The number of aromatic nitrogens is 3. The first-order valence-corrected chi connectivity index (χ1v) is 10.8. The van der Waals surface area contributed by atoms with Gasteiger partial charge >= 0.3 is 0 Å². The quantitative estimate of drug-likeness (QED) is 0.564. The fraction of sp³-hybridized carbons (Fsp3) is 0.550. The van der Waals surface area contributed by atoms with Gasteiger partial charge in [0.05, 0.1) is 19.0 Å². The van der Waals surface area contributed by atoms with Crippen LogP contribution in [0.5, 0.6) is 0 Å². The first kappa shape index (κ1) is 17.3. The van der Waals surface area contributed by atoms with Crippen molar-refractivity contribution in [1.82, 2.24) is 14.8 Å². The van der Waals surface area contributed by atoms with Crippen molar-refractivity contribution in [3.8, 4) is 0 Å². The lowest BCUT2D eigenvalue weighted by atomic mass is 10.0. The Balaban J connectivity index is 1.30. The maximum absolute atomic E-state index is 12.7. The third-order valence-corrected chi connectivity index (χ3v) is 6.55. The number of morpholine rings is 1. The number of thioether (sulfide) groups is 1. The normalized spacial score (nSPS) is 19.3. The van der Waals surface area contributed by atoms with E-state index in [1.807, 2.05) is 6.07 Å². The summed E-state index contributed by atoms with van der Waals surface area (Å²) in [6.45, 7) is 3.17. The number of hydrogen-bond donors (Lipinski definition) is 0. The lowest BCUT2D eigenvalue weighted by molar-refractivity contribution is 0.102. The van der Waals surface area contributed by atoms with E-state index in [1.54, 1.807) is 0 Å². The van der Waals surface area contributed by atoms with Gasteiger partial charge in [0, 0.05) is 24.7 Å². The Morgan fingerprint density at radius 1 is 1.15 bits per heavy atom. The first-order valence-electron chi connectivity index (χ1n) is 9.85. The Morgan fingerprint density at radius 3 is 2.78 bits per heavy atom. The number of anilines is 1. The van der Waals surface area contributed by atoms with Crippen molar-refractivity contribution in [3.63, 3.8) is 0 Å². The maximum atomic E-state index is 12.7. The van der Waals surface area contributed by atoms with Crippen LogP contribution in [0, 0.1) is 0 Å². The lowest BCUT2D eigenvalue weighted by Gasteiger charge is -2.27. The molecule has 0 unspecified atom stereocenters. The molecule has 1 aromatic carbocycles. The van der Waals surface area contributed by atoms with Gasteiger partial charge in [-0.15, -0.1) is 10.2 Å². The minimum Gasteiger partial charge on any atom is -0.378 e. The Bertz CT molecular complexity index is 856. The Labute approximate surface area is 163 Å². The summed E-state index contributed by atoms with van der Waals surface area (Å²) in [5.74, 6) is 1.52. The number of nitrogens with zero attached hydrogens (tertiary/aromatic N) is 4. The summed E-state index contributed by atoms with van der Waals surface area (Å²) in [4.78, 5) is 15.0. The second-order valence-electron chi connectivity index (χ2n) is 7.53. The van der Waals surface area contributed by atoms with Crippen molar-refractivity contribution in [2.45, 2.75) is 43.3 Å². The number of Topliss-reactive ketones (excluding diaryl/α,β-unsaturated/α-hetero) is 1. The molecule has 7 heteroatoms. The van der Waals surface area contributed by atoms with Crippen LogP contribution in [0.2, 0.25) is 0 Å². The van der Waals surface area contributed by atoms with Crippen LogP contribution in [-0.4, -0.2) is 52.6 Å². The molecule has 0 atom stereocenters. The summed E-state index contributed by atoms with van der Waals surface area (Å²) in [5.41, 5.74) is 3.58. The standard InChI is InChI=1S/C20H24N4O2S/c25-18(16-5-4-14-2-1-3-15(14)12-16)13-27-20-22-21-19(24(20)17-6-7-17)23-8-10-26-11-9-23/h4-5,12,17H,1-3,6-11,13H2. The molecular formula is C20H24N4O2S. The van der Waals surface area contributed by atoms with Crippen molar-refractivity contribution in [2.24, 2.45) is 0 Å². The zero-order valence-electron chi connectivity index (χ0n) is 15.4. The lowest BCUT2D eigenvalue weighted by Crippen LogP contribution is -2.38. The van der Waals surface area contributed by atoms with Crippen molar-refractivity contribution in [2.75, 3.05) is 37.0 Å².